The average Bonchev–Trinajstić information content (AvgIpc) is 3.18. The smallest absolute Gasteiger partial charge is 0.338 e. The number of hydrogen-bond acceptors (Lipinski definition) is 8. The summed E-state index contributed by atoms with van der Waals surface area (Å²) in [6.07, 6.45) is 3.29. The number of phenolic OH excluding ortho intramolecular Hbond substituents is 1. The molecule has 192 valence electrons. The van der Waals surface area contributed by atoms with Gasteiger partial charge in [0.2, 0.25) is 0 Å². The molecule has 0 aliphatic carbocycles. The summed E-state index contributed by atoms with van der Waals surface area (Å²) in [5.74, 6) is 0.0965. The minimum Gasteiger partial charge on any atom is -0.503 e. The van der Waals surface area contributed by atoms with Gasteiger partial charge in [0.05, 0.1) is 40.6 Å². The van der Waals surface area contributed by atoms with Gasteiger partial charge >= 0.3 is 5.97 Å². The van der Waals surface area contributed by atoms with Crippen LogP contribution >= 0.6 is 22.9 Å². The SMILES string of the molecule is C=CCOc1ccc([C@H]2C(C(=O)OCC)=C(C)N=c3s/c(=C\c4cc(Cl)c(O)c(OC)c4)c(=O)n32)cc1. The summed E-state index contributed by atoms with van der Waals surface area (Å²) >= 11 is 7.32. The van der Waals surface area contributed by atoms with E-state index in [-0.39, 0.29) is 34.3 Å². The molecular weight excluding hydrogens is 516 g/mol. The van der Waals surface area contributed by atoms with E-state index in [0.717, 1.165) is 0 Å². The molecule has 1 N–H and O–H groups in total. The number of esters is 1. The Morgan fingerprint density at radius 3 is 2.68 bits per heavy atom. The van der Waals surface area contributed by atoms with Crippen LogP contribution in [-0.2, 0) is 9.53 Å². The van der Waals surface area contributed by atoms with Crippen LogP contribution in [0.3, 0.4) is 0 Å². The van der Waals surface area contributed by atoms with Crippen LogP contribution in [0, 0.1) is 0 Å². The molecule has 1 atom stereocenters. The van der Waals surface area contributed by atoms with Crippen molar-refractivity contribution >= 4 is 35.0 Å². The predicted molar refractivity (Wildman–Crippen MR) is 142 cm³/mol. The van der Waals surface area contributed by atoms with Gasteiger partial charge in [-0.2, -0.15) is 0 Å². The molecule has 0 radical (unpaired) electrons. The number of allylic oxidation sites excluding steroid dienone is 1. The van der Waals surface area contributed by atoms with Crippen molar-refractivity contribution in [3.63, 3.8) is 0 Å². The molecule has 1 aromatic heterocycles. The van der Waals surface area contributed by atoms with Gasteiger partial charge in [0.25, 0.3) is 5.56 Å². The summed E-state index contributed by atoms with van der Waals surface area (Å²) in [7, 11) is 1.41. The molecule has 2 heterocycles. The number of nitrogens with zero attached hydrogens (tertiary/aromatic N) is 2. The molecule has 0 saturated heterocycles. The fourth-order valence-corrected chi connectivity index (χ4v) is 5.26. The average molecular weight is 541 g/mol. The lowest BCUT2D eigenvalue weighted by molar-refractivity contribution is -0.139. The van der Waals surface area contributed by atoms with E-state index in [1.165, 1.54) is 29.1 Å². The second-order valence-electron chi connectivity index (χ2n) is 8.02. The molecule has 0 fully saturated rings. The number of ether oxygens (including phenoxy) is 3. The minimum atomic E-state index is -0.746. The van der Waals surface area contributed by atoms with Gasteiger partial charge in [0, 0.05) is 0 Å². The highest BCUT2D eigenvalue weighted by molar-refractivity contribution is 7.07. The van der Waals surface area contributed by atoms with E-state index >= 15 is 0 Å². The van der Waals surface area contributed by atoms with Crippen LogP contribution in [-0.4, -0.2) is 36.0 Å². The van der Waals surface area contributed by atoms with Gasteiger partial charge in [-0.05, 0) is 55.3 Å². The van der Waals surface area contributed by atoms with Crippen LogP contribution in [0.2, 0.25) is 5.02 Å². The van der Waals surface area contributed by atoms with E-state index < -0.39 is 12.0 Å². The predicted octanol–water partition coefficient (Wildman–Crippen LogP) is 3.73. The van der Waals surface area contributed by atoms with Gasteiger partial charge in [-0.3, -0.25) is 9.36 Å². The fraction of sp³-hybridized carbons (Fsp3) is 0.222. The first-order valence-electron chi connectivity index (χ1n) is 11.4. The first-order chi connectivity index (χ1) is 17.8. The molecule has 10 heteroatoms. The molecule has 2 aromatic carbocycles. The Labute approximate surface area is 222 Å². The number of phenols is 1. The third-order valence-electron chi connectivity index (χ3n) is 5.65. The minimum absolute atomic E-state index is 0.0930. The highest BCUT2D eigenvalue weighted by Gasteiger charge is 2.33. The normalized spacial score (nSPS) is 15.1. The Balaban J connectivity index is 1.90. The number of halogens is 1. The summed E-state index contributed by atoms with van der Waals surface area (Å²) in [4.78, 5) is 31.7. The Morgan fingerprint density at radius 1 is 1.30 bits per heavy atom. The van der Waals surface area contributed by atoms with Crippen molar-refractivity contribution in [2.45, 2.75) is 19.9 Å². The lowest BCUT2D eigenvalue weighted by atomic mass is 9.96. The molecule has 0 spiro atoms. The maximum absolute atomic E-state index is 13.7. The summed E-state index contributed by atoms with van der Waals surface area (Å²) in [6.45, 7) is 7.64. The molecule has 0 amide bonds. The molecule has 1 aliphatic rings. The number of aromatic hydroxyl groups is 1. The molecule has 8 nitrogen and oxygen atoms in total. The van der Waals surface area contributed by atoms with Crippen LogP contribution in [0.5, 0.6) is 17.2 Å². The van der Waals surface area contributed by atoms with Gasteiger partial charge in [-0.25, -0.2) is 9.79 Å². The molecule has 3 aromatic rings. The van der Waals surface area contributed by atoms with Crippen LogP contribution in [0.15, 0.2) is 70.1 Å². The van der Waals surface area contributed by atoms with E-state index in [4.69, 9.17) is 25.8 Å². The quantitative estimate of drug-likeness (QED) is 0.345. The number of benzene rings is 2. The number of hydrogen-bond donors (Lipinski definition) is 1. The zero-order valence-electron chi connectivity index (χ0n) is 20.5. The third-order valence-corrected chi connectivity index (χ3v) is 6.92. The highest BCUT2D eigenvalue weighted by Crippen LogP contribution is 2.35. The molecule has 4 rings (SSSR count). The molecule has 37 heavy (non-hydrogen) atoms. The van der Waals surface area contributed by atoms with Crippen molar-refractivity contribution in [1.82, 2.24) is 4.57 Å². The van der Waals surface area contributed by atoms with Crippen molar-refractivity contribution < 1.29 is 24.1 Å². The molecule has 0 bridgehead atoms. The monoisotopic (exact) mass is 540 g/mol. The van der Waals surface area contributed by atoms with Crippen LogP contribution in [0.1, 0.15) is 31.0 Å². The number of methoxy groups -OCH3 is 1. The van der Waals surface area contributed by atoms with Gasteiger partial charge in [-0.15, -0.1) is 0 Å². The van der Waals surface area contributed by atoms with Gasteiger partial charge in [0.1, 0.15) is 12.4 Å². The number of aromatic nitrogens is 1. The summed E-state index contributed by atoms with van der Waals surface area (Å²) in [5.41, 5.74) is 1.68. The fourth-order valence-electron chi connectivity index (χ4n) is 3.99. The number of carbonyl (C=O) groups is 1. The zero-order chi connectivity index (χ0) is 26.7. The standard InChI is InChI=1S/C27H25ClN2O6S/c1-5-11-36-18-9-7-17(8-10-18)23-22(26(33)35-6-2)15(3)29-27-30(23)25(32)21(37-27)14-16-12-19(28)24(31)20(13-16)34-4/h5,7-10,12-14,23,31H,1,6,11H2,2-4H3/b21-14-/t23-/m0/s1. The maximum Gasteiger partial charge on any atom is 0.338 e. The Hall–Kier alpha value is -3.82. The molecule has 0 unspecified atom stereocenters. The Bertz CT molecular complexity index is 1570. The van der Waals surface area contributed by atoms with E-state index in [2.05, 4.69) is 11.6 Å². The maximum atomic E-state index is 13.7. The van der Waals surface area contributed by atoms with Crippen molar-refractivity contribution in [2.75, 3.05) is 20.3 Å². The van der Waals surface area contributed by atoms with Crippen molar-refractivity contribution in [2.24, 2.45) is 4.99 Å². The first kappa shape index (κ1) is 26.2. The van der Waals surface area contributed by atoms with E-state index in [1.807, 2.05) is 12.1 Å². The second-order valence-corrected chi connectivity index (χ2v) is 9.44. The number of rotatable bonds is 8. The summed E-state index contributed by atoms with van der Waals surface area (Å²) < 4.78 is 17.9. The van der Waals surface area contributed by atoms with E-state index in [1.54, 1.807) is 44.2 Å². The lowest BCUT2D eigenvalue weighted by Gasteiger charge is -2.24. The van der Waals surface area contributed by atoms with Crippen molar-refractivity contribution in [3.8, 4) is 17.2 Å². The topological polar surface area (TPSA) is 99.4 Å². The number of fused-ring (bicyclic) bond motifs is 1. The second kappa shape index (κ2) is 11.1. The van der Waals surface area contributed by atoms with Crippen molar-refractivity contribution in [1.29, 1.82) is 0 Å². The Morgan fingerprint density at radius 2 is 2.03 bits per heavy atom. The number of carbonyl (C=O) groups excluding carboxylic acids is 1. The van der Waals surface area contributed by atoms with E-state index in [0.29, 0.717) is 38.5 Å². The van der Waals surface area contributed by atoms with Crippen LogP contribution < -0.4 is 24.4 Å². The van der Waals surface area contributed by atoms with Crippen LogP contribution in [0.25, 0.3) is 6.08 Å². The van der Waals surface area contributed by atoms with Crippen LogP contribution in [0.4, 0.5) is 0 Å². The van der Waals surface area contributed by atoms with Gasteiger partial charge < -0.3 is 19.3 Å². The van der Waals surface area contributed by atoms with E-state index in [9.17, 15) is 14.7 Å². The summed E-state index contributed by atoms with van der Waals surface area (Å²) in [6, 6.07) is 9.53. The largest absolute Gasteiger partial charge is 0.503 e. The number of thiazole rings is 1. The zero-order valence-corrected chi connectivity index (χ0v) is 22.1. The molecule has 0 saturated carbocycles. The van der Waals surface area contributed by atoms with Gasteiger partial charge in [0.15, 0.2) is 16.3 Å². The summed E-state index contributed by atoms with van der Waals surface area (Å²) in [5, 5.41) is 10.1. The molecule has 1 aliphatic heterocycles. The Kier molecular flexibility index (Phi) is 7.85. The van der Waals surface area contributed by atoms with Gasteiger partial charge in [-0.1, -0.05) is 47.7 Å². The lowest BCUT2D eigenvalue weighted by Crippen LogP contribution is -2.39. The van der Waals surface area contributed by atoms with Crippen molar-refractivity contribution in [3.05, 3.63) is 96.2 Å². The molecular formula is C27H25ClN2O6S. The first-order valence-corrected chi connectivity index (χ1v) is 12.6. The third kappa shape index (κ3) is 5.19. The highest BCUT2D eigenvalue weighted by atomic mass is 35.5.